The van der Waals surface area contributed by atoms with Crippen LogP contribution in [0.2, 0.25) is 0 Å². The van der Waals surface area contributed by atoms with Gasteiger partial charge in [-0.15, -0.1) is 0 Å². The van der Waals surface area contributed by atoms with Gasteiger partial charge in [0, 0.05) is 31.7 Å². The number of hydrogen-bond acceptors (Lipinski definition) is 6. The van der Waals surface area contributed by atoms with Crippen LogP contribution in [0.15, 0.2) is 66.9 Å². The number of carbonyl (C=O) groups excluding carboxylic acids is 2. The van der Waals surface area contributed by atoms with Crippen molar-refractivity contribution in [3.05, 3.63) is 72.4 Å². The molecule has 9 nitrogen and oxygen atoms in total. The summed E-state index contributed by atoms with van der Waals surface area (Å²) in [6.45, 7) is 4.94. The number of anilines is 3. The van der Waals surface area contributed by atoms with Gasteiger partial charge < -0.3 is 29.9 Å². The number of amides is 3. The number of carbonyl (C=O) groups is 2. The summed E-state index contributed by atoms with van der Waals surface area (Å²) < 4.78 is 10.8. The Morgan fingerprint density at radius 2 is 1.77 bits per heavy atom. The van der Waals surface area contributed by atoms with Gasteiger partial charge in [0.1, 0.15) is 17.3 Å². The van der Waals surface area contributed by atoms with E-state index in [0.29, 0.717) is 61.2 Å². The van der Waals surface area contributed by atoms with E-state index in [9.17, 15) is 9.59 Å². The largest absolute Gasteiger partial charge is 0.497 e. The van der Waals surface area contributed by atoms with Crippen molar-refractivity contribution in [2.24, 2.45) is 0 Å². The molecule has 0 unspecified atom stereocenters. The molecular weight excluding hydrogens is 446 g/mol. The molecule has 1 fully saturated rings. The number of piperazine rings is 1. The molecule has 1 aromatic heterocycles. The molecule has 9 heteroatoms. The first kappa shape index (κ1) is 23.9. The first-order chi connectivity index (χ1) is 17.1. The van der Waals surface area contributed by atoms with Crippen LogP contribution in [0.4, 0.5) is 22.0 Å². The summed E-state index contributed by atoms with van der Waals surface area (Å²) >= 11 is 0. The molecule has 1 aliphatic rings. The monoisotopic (exact) mass is 475 g/mol. The van der Waals surface area contributed by atoms with Gasteiger partial charge in [-0.25, -0.2) is 9.78 Å². The number of para-hydroxylation sites is 2. The summed E-state index contributed by atoms with van der Waals surface area (Å²) in [6, 6.07) is 17.8. The molecule has 35 heavy (non-hydrogen) atoms. The van der Waals surface area contributed by atoms with Crippen molar-refractivity contribution in [3.63, 3.8) is 0 Å². The van der Waals surface area contributed by atoms with E-state index in [1.807, 2.05) is 48.2 Å². The zero-order chi connectivity index (χ0) is 24.6. The lowest BCUT2D eigenvalue weighted by atomic mass is 10.1. The molecule has 0 aliphatic carbocycles. The van der Waals surface area contributed by atoms with Gasteiger partial charge in [0.15, 0.2) is 0 Å². The summed E-state index contributed by atoms with van der Waals surface area (Å²) in [5, 5.41) is 5.59. The topological polar surface area (TPSA) is 96.0 Å². The number of pyridine rings is 1. The lowest BCUT2D eigenvalue weighted by molar-refractivity contribution is 0.0746. The number of benzene rings is 2. The van der Waals surface area contributed by atoms with Gasteiger partial charge in [0.2, 0.25) is 0 Å². The Morgan fingerprint density at radius 3 is 2.49 bits per heavy atom. The first-order valence-electron chi connectivity index (χ1n) is 11.5. The van der Waals surface area contributed by atoms with Gasteiger partial charge in [-0.3, -0.25) is 4.79 Å². The minimum atomic E-state index is -0.378. The van der Waals surface area contributed by atoms with Crippen LogP contribution in [0.1, 0.15) is 17.3 Å². The summed E-state index contributed by atoms with van der Waals surface area (Å²) in [5.41, 5.74) is 1.79. The van der Waals surface area contributed by atoms with Crippen LogP contribution in [0.5, 0.6) is 11.5 Å². The van der Waals surface area contributed by atoms with E-state index in [4.69, 9.17) is 9.47 Å². The van der Waals surface area contributed by atoms with Crippen LogP contribution < -0.4 is 25.0 Å². The second kappa shape index (κ2) is 11.2. The lowest BCUT2D eigenvalue weighted by Gasteiger charge is -2.35. The summed E-state index contributed by atoms with van der Waals surface area (Å²) in [6.07, 6.45) is 1.62. The number of urea groups is 1. The van der Waals surface area contributed by atoms with Gasteiger partial charge in [-0.05, 0) is 49.4 Å². The normalized spacial score (nSPS) is 13.2. The number of aromatic nitrogens is 1. The minimum absolute atomic E-state index is 0.00650. The van der Waals surface area contributed by atoms with Crippen LogP contribution >= 0.6 is 0 Å². The van der Waals surface area contributed by atoms with Gasteiger partial charge in [0.25, 0.3) is 5.91 Å². The fourth-order valence-electron chi connectivity index (χ4n) is 3.86. The number of hydrogen-bond donors (Lipinski definition) is 2. The van der Waals surface area contributed by atoms with E-state index in [2.05, 4.69) is 20.5 Å². The Labute approximate surface area is 204 Å². The average Bonchev–Trinajstić information content (AvgIpc) is 2.90. The van der Waals surface area contributed by atoms with Crippen molar-refractivity contribution < 1.29 is 19.1 Å². The molecule has 2 heterocycles. The molecule has 2 N–H and O–H groups in total. The highest BCUT2D eigenvalue weighted by Gasteiger charge is 2.23. The zero-order valence-electron chi connectivity index (χ0n) is 19.9. The Morgan fingerprint density at radius 1 is 0.971 bits per heavy atom. The lowest BCUT2D eigenvalue weighted by Crippen LogP contribution is -2.49. The molecule has 1 saturated heterocycles. The molecule has 0 bridgehead atoms. The Hall–Kier alpha value is -4.27. The van der Waals surface area contributed by atoms with Crippen LogP contribution in [-0.2, 0) is 0 Å². The van der Waals surface area contributed by atoms with Crippen molar-refractivity contribution in [2.45, 2.75) is 6.92 Å². The molecular formula is C26H29N5O4. The molecule has 4 rings (SSSR count). The van der Waals surface area contributed by atoms with E-state index in [1.165, 1.54) is 0 Å². The third-order valence-corrected chi connectivity index (χ3v) is 5.65. The zero-order valence-corrected chi connectivity index (χ0v) is 19.9. The molecule has 0 atom stereocenters. The Balaban J connectivity index is 1.30. The van der Waals surface area contributed by atoms with Crippen LogP contribution in [0.3, 0.4) is 0 Å². The van der Waals surface area contributed by atoms with E-state index in [1.54, 1.807) is 37.6 Å². The highest BCUT2D eigenvalue weighted by Crippen LogP contribution is 2.24. The molecule has 0 radical (unpaired) electrons. The minimum Gasteiger partial charge on any atom is -0.497 e. The molecule has 1 aliphatic heterocycles. The maximum atomic E-state index is 12.8. The molecule has 2 aromatic carbocycles. The first-order valence-corrected chi connectivity index (χ1v) is 11.5. The van der Waals surface area contributed by atoms with Crippen LogP contribution in [0.25, 0.3) is 0 Å². The molecule has 3 aromatic rings. The molecule has 0 saturated carbocycles. The van der Waals surface area contributed by atoms with Crippen LogP contribution in [-0.4, -0.2) is 61.7 Å². The third-order valence-electron chi connectivity index (χ3n) is 5.65. The van der Waals surface area contributed by atoms with Crippen molar-refractivity contribution in [1.29, 1.82) is 0 Å². The molecule has 182 valence electrons. The van der Waals surface area contributed by atoms with E-state index in [0.717, 1.165) is 5.82 Å². The van der Waals surface area contributed by atoms with Gasteiger partial charge in [0.05, 0.1) is 31.3 Å². The SMILES string of the molecule is CCOc1ccccc1NC(=O)Nc1ccc(N2CCN(C(=O)c3cccc(OC)c3)CC2)nc1. The summed E-state index contributed by atoms with van der Waals surface area (Å²) in [4.78, 5) is 33.7. The van der Waals surface area contributed by atoms with Crippen molar-refractivity contribution >= 4 is 29.1 Å². The Bertz CT molecular complexity index is 1160. The summed E-state index contributed by atoms with van der Waals surface area (Å²) in [7, 11) is 1.59. The predicted molar refractivity (Wildman–Crippen MR) is 136 cm³/mol. The smallest absolute Gasteiger partial charge is 0.323 e. The van der Waals surface area contributed by atoms with Gasteiger partial charge in [-0.1, -0.05) is 18.2 Å². The second-order valence-electron chi connectivity index (χ2n) is 7.92. The van der Waals surface area contributed by atoms with E-state index >= 15 is 0 Å². The average molecular weight is 476 g/mol. The number of nitrogens with one attached hydrogen (secondary N) is 2. The number of nitrogens with zero attached hydrogens (tertiary/aromatic N) is 3. The predicted octanol–water partition coefficient (Wildman–Crippen LogP) is 4.10. The standard InChI is InChI=1S/C26H29N5O4/c1-3-35-23-10-5-4-9-22(23)29-26(33)28-20-11-12-24(27-18-20)30-13-15-31(16-14-30)25(32)19-7-6-8-21(17-19)34-2/h4-12,17-18H,3,13-16H2,1-2H3,(H2,28,29,33). The van der Waals surface area contributed by atoms with Gasteiger partial charge >= 0.3 is 6.03 Å². The van der Waals surface area contributed by atoms with Crippen LogP contribution in [0, 0.1) is 0 Å². The number of methoxy groups -OCH3 is 1. The van der Waals surface area contributed by atoms with Gasteiger partial charge in [-0.2, -0.15) is 0 Å². The van der Waals surface area contributed by atoms with E-state index < -0.39 is 0 Å². The number of rotatable bonds is 7. The molecule has 3 amide bonds. The van der Waals surface area contributed by atoms with E-state index in [-0.39, 0.29) is 11.9 Å². The maximum absolute atomic E-state index is 12.8. The van der Waals surface area contributed by atoms with Crippen molar-refractivity contribution in [3.8, 4) is 11.5 Å². The second-order valence-corrected chi connectivity index (χ2v) is 7.92. The quantitative estimate of drug-likeness (QED) is 0.534. The van der Waals surface area contributed by atoms with Crippen molar-refractivity contribution in [1.82, 2.24) is 9.88 Å². The van der Waals surface area contributed by atoms with Crippen molar-refractivity contribution in [2.75, 3.05) is 55.4 Å². The number of ether oxygens (including phenoxy) is 2. The highest BCUT2D eigenvalue weighted by molar-refractivity contribution is 6.00. The highest BCUT2D eigenvalue weighted by atomic mass is 16.5. The fourth-order valence-corrected chi connectivity index (χ4v) is 3.86. The fraction of sp³-hybridized carbons (Fsp3) is 0.269. The summed E-state index contributed by atoms with van der Waals surface area (Å²) in [5.74, 6) is 2.07. The molecule has 0 spiro atoms. The maximum Gasteiger partial charge on any atom is 0.323 e. The third kappa shape index (κ3) is 6.00. The Kier molecular flexibility index (Phi) is 7.67.